The summed E-state index contributed by atoms with van der Waals surface area (Å²) in [4.78, 5) is 12.6. The van der Waals surface area contributed by atoms with Gasteiger partial charge >= 0.3 is 0 Å². The SMILES string of the molecule is CCN(CC)S(=O)(=O)c1ccc(CNC(=O)C(C)Oc2ccc(C)cc2Br)cc1. The molecule has 2 aromatic rings. The van der Waals surface area contributed by atoms with E-state index in [1.54, 1.807) is 31.2 Å². The summed E-state index contributed by atoms with van der Waals surface area (Å²) in [6.07, 6.45) is -0.670. The van der Waals surface area contributed by atoms with Crippen LogP contribution in [0.3, 0.4) is 0 Å². The van der Waals surface area contributed by atoms with Gasteiger partial charge in [0.15, 0.2) is 6.10 Å². The van der Waals surface area contributed by atoms with Gasteiger partial charge in [0.25, 0.3) is 5.91 Å². The molecule has 0 aromatic heterocycles. The second-order valence-electron chi connectivity index (χ2n) is 6.65. The Balaban J connectivity index is 1.96. The molecule has 0 bridgehead atoms. The van der Waals surface area contributed by atoms with E-state index in [-0.39, 0.29) is 17.3 Å². The Hall–Kier alpha value is -1.90. The molecular weight excluding hydrogens is 456 g/mol. The Morgan fingerprint density at radius 2 is 1.76 bits per heavy atom. The van der Waals surface area contributed by atoms with E-state index < -0.39 is 16.1 Å². The van der Waals surface area contributed by atoms with Crippen LogP contribution in [0.4, 0.5) is 0 Å². The molecule has 158 valence electrons. The summed E-state index contributed by atoms with van der Waals surface area (Å²) in [5.74, 6) is 0.349. The number of carbonyl (C=O) groups excluding carboxylic acids is 1. The van der Waals surface area contributed by atoms with E-state index in [0.29, 0.717) is 18.8 Å². The first-order valence-electron chi connectivity index (χ1n) is 9.48. The van der Waals surface area contributed by atoms with Gasteiger partial charge in [-0.15, -0.1) is 0 Å². The number of rotatable bonds is 9. The molecule has 2 aromatic carbocycles. The third-order valence-electron chi connectivity index (χ3n) is 4.49. The molecule has 1 atom stereocenters. The van der Waals surface area contributed by atoms with Crippen LogP contribution in [0.2, 0.25) is 0 Å². The average molecular weight is 483 g/mol. The molecule has 8 heteroatoms. The Morgan fingerprint density at radius 3 is 2.31 bits per heavy atom. The number of benzene rings is 2. The summed E-state index contributed by atoms with van der Waals surface area (Å²) in [6, 6.07) is 12.2. The molecule has 0 aliphatic carbocycles. The van der Waals surface area contributed by atoms with Gasteiger partial charge in [-0.2, -0.15) is 4.31 Å². The zero-order valence-electron chi connectivity index (χ0n) is 17.1. The van der Waals surface area contributed by atoms with Crippen LogP contribution >= 0.6 is 15.9 Å². The maximum Gasteiger partial charge on any atom is 0.261 e. The van der Waals surface area contributed by atoms with E-state index in [1.165, 1.54) is 4.31 Å². The van der Waals surface area contributed by atoms with Gasteiger partial charge in [-0.3, -0.25) is 4.79 Å². The highest BCUT2D eigenvalue weighted by Crippen LogP contribution is 2.26. The first-order valence-corrected chi connectivity index (χ1v) is 11.7. The summed E-state index contributed by atoms with van der Waals surface area (Å²) in [5, 5.41) is 2.81. The number of halogens is 1. The number of hydrogen-bond acceptors (Lipinski definition) is 4. The fourth-order valence-electron chi connectivity index (χ4n) is 2.77. The highest BCUT2D eigenvalue weighted by molar-refractivity contribution is 9.10. The third kappa shape index (κ3) is 6.04. The van der Waals surface area contributed by atoms with Gasteiger partial charge in [0.1, 0.15) is 5.75 Å². The summed E-state index contributed by atoms with van der Waals surface area (Å²) < 4.78 is 33.0. The van der Waals surface area contributed by atoms with Crippen LogP contribution in [-0.2, 0) is 21.4 Å². The zero-order chi connectivity index (χ0) is 21.6. The summed E-state index contributed by atoms with van der Waals surface area (Å²) in [7, 11) is -3.48. The predicted octanol–water partition coefficient (Wildman–Crippen LogP) is 3.87. The van der Waals surface area contributed by atoms with Crippen LogP contribution in [0, 0.1) is 6.92 Å². The smallest absolute Gasteiger partial charge is 0.261 e. The van der Waals surface area contributed by atoms with Crippen molar-refractivity contribution in [3.05, 3.63) is 58.1 Å². The van der Waals surface area contributed by atoms with Crippen LogP contribution in [0.15, 0.2) is 51.8 Å². The molecule has 0 saturated heterocycles. The van der Waals surface area contributed by atoms with E-state index in [9.17, 15) is 13.2 Å². The van der Waals surface area contributed by atoms with Crippen LogP contribution in [0.25, 0.3) is 0 Å². The number of carbonyl (C=O) groups is 1. The molecule has 0 saturated carbocycles. The largest absolute Gasteiger partial charge is 0.480 e. The maximum atomic E-state index is 12.5. The van der Waals surface area contributed by atoms with Crippen molar-refractivity contribution in [3.63, 3.8) is 0 Å². The fraction of sp³-hybridized carbons (Fsp3) is 0.381. The van der Waals surface area contributed by atoms with Crippen molar-refractivity contribution in [2.75, 3.05) is 13.1 Å². The molecule has 0 radical (unpaired) electrons. The molecule has 0 heterocycles. The molecule has 2 rings (SSSR count). The minimum Gasteiger partial charge on any atom is -0.480 e. The highest BCUT2D eigenvalue weighted by Gasteiger charge is 2.21. The fourth-order valence-corrected chi connectivity index (χ4v) is 4.81. The molecule has 1 unspecified atom stereocenters. The van der Waals surface area contributed by atoms with Gasteiger partial charge in [-0.1, -0.05) is 32.0 Å². The van der Waals surface area contributed by atoms with Gasteiger partial charge < -0.3 is 10.1 Å². The van der Waals surface area contributed by atoms with Crippen LogP contribution in [0.1, 0.15) is 31.9 Å². The molecule has 1 amide bonds. The van der Waals surface area contributed by atoms with Gasteiger partial charge in [0.05, 0.1) is 9.37 Å². The van der Waals surface area contributed by atoms with Crippen molar-refractivity contribution < 1.29 is 17.9 Å². The van der Waals surface area contributed by atoms with E-state index in [2.05, 4.69) is 21.2 Å². The van der Waals surface area contributed by atoms with Crippen LogP contribution in [-0.4, -0.2) is 37.8 Å². The van der Waals surface area contributed by atoms with Gasteiger partial charge in [-0.05, 0) is 65.2 Å². The van der Waals surface area contributed by atoms with Crippen molar-refractivity contribution in [1.82, 2.24) is 9.62 Å². The topological polar surface area (TPSA) is 75.7 Å². The maximum absolute atomic E-state index is 12.5. The quantitative estimate of drug-likeness (QED) is 0.588. The van der Waals surface area contributed by atoms with Crippen LogP contribution in [0.5, 0.6) is 5.75 Å². The minimum absolute atomic E-state index is 0.247. The molecule has 0 aliphatic rings. The number of hydrogen-bond donors (Lipinski definition) is 1. The Kier molecular flexibility index (Phi) is 8.24. The van der Waals surface area contributed by atoms with Crippen LogP contribution < -0.4 is 10.1 Å². The van der Waals surface area contributed by atoms with Crippen molar-refractivity contribution in [1.29, 1.82) is 0 Å². The van der Waals surface area contributed by atoms with Gasteiger partial charge in [-0.25, -0.2) is 8.42 Å². The number of ether oxygens (including phenoxy) is 1. The number of sulfonamides is 1. The lowest BCUT2D eigenvalue weighted by atomic mass is 10.2. The monoisotopic (exact) mass is 482 g/mol. The lowest BCUT2D eigenvalue weighted by Crippen LogP contribution is -2.36. The first kappa shape index (κ1) is 23.4. The number of aryl methyl sites for hydroxylation is 1. The van der Waals surface area contributed by atoms with Crippen molar-refractivity contribution >= 4 is 31.9 Å². The second kappa shape index (κ2) is 10.2. The lowest BCUT2D eigenvalue weighted by Gasteiger charge is -2.18. The molecule has 29 heavy (non-hydrogen) atoms. The summed E-state index contributed by atoms with van der Waals surface area (Å²) in [5.41, 5.74) is 1.90. The highest BCUT2D eigenvalue weighted by atomic mass is 79.9. The second-order valence-corrected chi connectivity index (χ2v) is 9.44. The summed E-state index contributed by atoms with van der Waals surface area (Å²) >= 11 is 3.43. The number of nitrogens with one attached hydrogen (secondary N) is 1. The molecule has 6 nitrogen and oxygen atoms in total. The standard InChI is InChI=1S/C21H27BrN2O4S/c1-5-24(6-2)29(26,27)18-10-8-17(9-11-18)14-23-21(25)16(4)28-20-12-7-15(3)13-19(20)22/h7-13,16H,5-6,14H2,1-4H3,(H,23,25). The average Bonchev–Trinajstić information content (AvgIpc) is 2.69. The number of amides is 1. The zero-order valence-corrected chi connectivity index (χ0v) is 19.5. The molecular formula is C21H27BrN2O4S. The van der Waals surface area contributed by atoms with E-state index in [0.717, 1.165) is 15.6 Å². The Morgan fingerprint density at radius 1 is 1.14 bits per heavy atom. The minimum atomic E-state index is -3.48. The Bertz CT molecular complexity index is 942. The van der Waals surface area contributed by atoms with E-state index >= 15 is 0 Å². The molecule has 0 fully saturated rings. The predicted molar refractivity (Wildman–Crippen MR) is 117 cm³/mol. The molecule has 0 spiro atoms. The van der Waals surface area contributed by atoms with Gasteiger partial charge in [0, 0.05) is 19.6 Å². The first-order chi connectivity index (χ1) is 13.7. The normalized spacial score (nSPS) is 12.6. The van der Waals surface area contributed by atoms with Crippen molar-refractivity contribution in [2.24, 2.45) is 0 Å². The lowest BCUT2D eigenvalue weighted by molar-refractivity contribution is -0.127. The van der Waals surface area contributed by atoms with Crippen molar-refractivity contribution in [2.45, 2.75) is 45.2 Å². The van der Waals surface area contributed by atoms with E-state index in [4.69, 9.17) is 4.74 Å². The van der Waals surface area contributed by atoms with E-state index in [1.807, 2.05) is 39.0 Å². The van der Waals surface area contributed by atoms with Gasteiger partial charge in [0.2, 0.25) is 10.0 Å². The molecule has 0 aliphatic heterocycles. The summed E-state index contributed by atoms with van der Waals surface area (Å²) in [6.45, 7) is 8.40. The van der Waals surface area contributed by atoms with Crippen molar-refractivity contribution in [3.8, 4) is 5.75 Å². The number of nitrogens with zero attached hydrogens (tertiary/aromatic N) is 1. The molecule has 1 N–H and O–H groups in total. The third-order valence-corrected chi connectivity index (χ3v) is 7.18. The Labute approximate surface area is 181 Å².